The summed E-state index contributed by atoms with van der Waals surface area (Å²) in [5.74, 6) is -2.06. The number of aromatic nitrogens is 2. The first kappa shape index (κ1) is 24.9. The van der Waals surface area contributed by atoms with Crippen molar-refractivity contribution >= 4 is 39.9 Å². The van der Waals surface area contributed by atoms with E-state index in [9.17, 15) is 18.4 Å². The molecular formula is C28H19ClF2N4O3. The van der Waals surface area contributed by atoms with Crippen LogP contribution >= 0.6 is 11.6 Å². The smallest absolute Gasteiger partial charge is 0.268 e. The van der Waals surface area contributed by atoms with Crippen LogP contribution in [0.1, 0.15) is 15.9 Å². The third kappa shape index (κ3) is 4.67. The number of halogens is 3. The molecule has 0 aliphatic rings. The lowest BCUT2D eigenvalue weighted by molar-refractivity contribution is 0.102. The minimum Gasteiger partial charge on any atom is -0.453 e. The standard InChI is InChI=1S/C28H19ClF2N4O3/c1-15-6-8-18(14-20(15)30)35-22-5-3-2-4-16(22)12-19(28(35)37)27(36)34-17-7-9-23(21(31)13-17)38-24-10-11-33-26(32)25(24)29/h2-14H,1H3,(H2,32,33)(H,34,36). The zero-order valence-electron chi connectivity index (χ0n) is 19.8. The number of hydrogen-bond donors (Lipinski definition) is 2. The van der Waals surface area contributed by atoms with Crippen molar-refractivity contribution in [2.75, 3.05) is 11.1 Å². The minimum absolute atomic E-state index is 0.0304. The van der Waals surface area contributed by atoms with Gasteiger partial charge in [-0.05, 0) is 54.3 Å². The lowest BCUT2D eigenvalue weighted by Gasteiger charge is -2.14. The topological polar surface area (TPSA) is 99.2 Å². The summed E-state index contributed by atoms with van der Waals surface area (Å²) in [6, 6.07) is 17.9. The third-order valence-electron chi connectivity index (χ3n) is 5.86. The molecular weight excluding hydrogens is 514 g/mol. The lowest BCUT2D eigenvalue weighted by Crippen LogP contribution is -2.28. The Balaban J connectivity index is 1.49. The number of benzene rings is 3. The fourth-order valence-corrected chi connectivity index (χ4v) is 4.05. The molecule has 0 saturated carbocycles. The molecule has 38 heavy (non-hydrogen) atoms. The third-order valence-corrected chi connectivity index (χ3v) is 6.24. The number of nitrogens with two attached hydrogens (primary N) is 1. The number of carbonyl (C=O) groups is 1. The first-order valence-corrected chi connectivity index (χ1v) is 11.7. The number of nitrogen functional groups attached to an aromatic ring is 1. The van der Waals surface area contributed by atoms with Crippen molar-refractivity contribution in [2.45, 2.75) is 6.92 Å². The van der Waals surface area contributed by atoms with Crippen molar-refractivity contribution in [1.82, 2.24) is 9.55 Å². The Labute approximate surface area is 220 Å². The van der Waals surface area contributed by atoms with Crippen molar-refractivity contribution in [3.63, 3.8) is 0 Å². The Morgan fingerprint density at radius 1 is 1.00 bits per heavy atom. The fraction of sp³-hybridized carbons (Fsp3) is 0.0357. The number of rotatable bonds is 5. The van der Waals surface area contributed by atoms with Crippen LogP contribution < -0.4 is 21.3 Å². The number of ether oxygens (including phenoxy) is 1. The first-order valence-electron chi connectivity index (χ1n) is 11.3. The van der Waals surface area contributed by atoms with Gasteiger partial charge in [0, 0.05) is 24.0 Å². The van der Waals surface area contributed by atoms with Crippen LogP contribution in [0, 0.1) is 18.6 Å². The van der Waals surface area contributed by atoms with Gasteiger partial charge in [-0.3, -0.25) is 14.2 Å². The average Bonchev–Trinajstić information content (AvgIpc) is 2.89. The first-order chi connectivity index (χ1) is 18.2. The van der Waals surface area contributed by atoms with Crippen molar-refractivity contribution in [3.05, 3.63) is 117 Å². The summed E-state index contributed by atoms with van der Waals surface area (Å²) in [5, 5.41) is 3.15. The Morgan fingerprint density at radius 3 is 2.55 bits per heavy atom. The van der Waals surface area contributed by atoms with Gasteiger partial charge in [-0.2, -0.15) is 0 Å². The Hall–Kier alpha value is -4.76. The van der Waals surface area contributed by atoms with E-state index in [4.69, 9.17) is 22.1 Å². The van der Waals surface area contributed by atoms with E-state index in [1.165, 1.54) is 41.1 Å². The molecule has 10 heteroatoms. The van der Waals surface area contributed by atoms with E-state index in [2.05, 4.69) is 10.3 Å². The van der Waals surface area contributed by atoms with Crippen LogP contribution in [0.15, 0.2) is 83.8 Å². The summed E-state index contributed by atoms with van der Waals surface area (Å²) >= 11 is 6.05. The number of amides is 1. The molecule has 0 radical (unpaired) electrons. The van der Waals surface area contributed by atoms with Crippen molar-refractivity contribution < 1.29 is 18.3 Å². The Kier molecular flexibility index (Phi) is 6.52. The number of nitrogens with zero attached hydrogens (tertiary/aromatic N) is 2. The van der Waals surface area contributed by atoms with Crippen molar-refractivity contribution in [1.29, 1.82) is 0 Å². The highest BCUT2D eigenvalue weighted by atomic mass is 35.5. The second kappa shape index (κ2) is 9.95. The van der Waals surface area contributed by atoms with Crippen LogP contribution in [0.3, 0.4) is 0 Å². The Bertz CT molecular complexity index is 1790. The van der Waals surface area contributed by atoms with E-state index in [0.29, 0.717) is 16.5 Å². The number of aryl methyl sites for hydroxylation is 1. The predicted molar refractivity (Wildman–Crippen MR) is 142 cm³/mol. The molecule has 0 aliphatic carbocycles. The molecule has 0 fully saturated rings. The second-order valence-corrected chi connectivity index (χ2v) is 8.78. The van der Waals surface area contributed by atoms with Crippen LogP contribution in [-0.2, 0) is 0 Å². The molecule has 190 valence electrons. The highest BCUT2D eigenvalue weighted by Crippen LogP contribution is 2.34. The van der Waals surface area contributed by atoms with Crippen molar-refractivity contribution in [3.8, 4) is 17.2 Å². The van der Waals surface area contributed by atoms with Gasteiger partial charge in [-0.1, -0.05) is 35.9 Å². The summed E-state index contributed by atoms with van der Waals surface area (Å²) in [6.07, 6.45) is 1.37. The van der Waals surface area contributed by atoms with Crippen LogP contribution in [0.5, 0.6) is 11.5 Å². The van der Waals surface area contributed by atoms with Gasteiger partial charge in [0.25, 0.3) is 11.5 Å². The fourth-order valence-electron chi connectivity index (χ4n) is 3.90. The van der Waals surface area contributed by atoms with E-state index in [1.807, 2.05) is 0 Å². The number of pyridine rings is 2. The number of hydrogen-bond acceptors (Lipinski definition) is 5. The predicted octanol–water partition coefficient (Wildman–Crippen LogP) is 6.25. The van der Waals surface area contributed by atoms with E-state index < -0.39 is 23.1 Å². The van der Waals surface area contributed by atoms with Gasteiger partial charge in [0.05, 0.1) is 11.2 Å². The SMILES string of the molecule is Cc1ccc(-n2c(=O)c(C(=O)Nc3ccc(Oc4ccnc(N)c4Cl)c(F)c3)cc3ccccc32)cc1F. The molecule has 1 amide bonds. The summed E-state index contributed by atoms with van der Waals surface area (Å²) in [5.41, 5.74) is 6.06. The number of fused-ring (bicyclic) bond motifs is 1. The van der Waals surface area contributed by atoms with Gasteiger partial charge in [-0.15, -0.1) is 0 Å². The largest absolute Gasteiger partial charge is 0.453 e. The summed E-state index contributed by atoms with van der Waals surface area (Å²) < 4.78 is 35.9. The van der Waals surface area contributed by atoms with Crippen LogP contribution in [-0.4, -0.2) is 15.5 Å². The van der Waals surface area contributed by atoms with Gasteiger partial charge in [-0.25, -0.2) is 13.8 Å². The van der Waals surface area contributed by atoms with Crippen LogP contribution in [0.25, 0.3) is 16.6 Å². The highest BCUT2D eigenvalue weighted by molar-refractivity contribution is 6.34. The zero-order chi connectivity index (χ0) is 27.0. The molecule has 2 aromatic heterocycles. The number of para-hydroxylation sites is 1. The normalized spacial score (nSPS) is 10.9. The van der Waals surface area contributed by atoms with Gasteiger partial charge in [0.15, 0.2) is 17.3 Å². The maximum absolute atomic E-state index is 14.8. The van der Waals surface area contributed by atoms with E-state index in [1.54, 1.807) is 43.3 Å². The number of anilines is 2. The molecule has 7 nitrogen and oxygen atoms in total. The number of nitrogens with one attached hydrogen (secondary N) is 1. The zero-order valence-corrected chi connectivity index (χ0v) is 20.6. The van der Waals surface area contributed by atoms with Gasteiger partial charge >= 0.3 is 0 Å². The molecule has 3 N–H and O–H groups in total. The summed E-state index contributed by atoms with van der Waals surface area (Å²) in [4.78, 5) is 30.4. The Morgan fingerprint density at radius 2 is 1.79 bits per heavy atom. The highest BCUT2D eigenvalue weighted by Gasteiger charge is 2.19. The van der Waals surface area contributed by atoms with Crippen LogP contribution in [0.2, 0.25) is 5.02 Å². The lowest BCUT2D eigenvalue weighted by atomic mass is 10.1. The van der Waals surface area contributed by atoms with E-state index in [-0.39, 0.29) is 39.3 Å². The molecule has 2 heterocycles. The molecule has 0 saturated heterocycles. The van der Waals surface area contributed by atoms with E-state index >= 15 is 0 Å². The van der Waals surface area contributed by atoms with Gasteiger partial charge < -0.3 is 15.8 Å². The van der Waals surface area contributed by atoms with Gasteiger partial charge in [0.2, 0.25) is 0 Å². The second-order valence-electron chi connectivity index (χ2n) is 8.40. The van der Waals surface area contributed by atoms with Crippen molar-refractivity contribution in [2.24, 2.45) is 0 Å². The quantitative estimate of drug-likeness (QED) is 0.278. The maximum atomic E-state index is 14.8. The van der Waals surface area contributed by atoms with E-state index in [0.717, 1.165) is 6.07 Å². The minimum atomic E-state index is -0.791. The molecule has 3 aromatic carbocycles. The summed E-state index contributed by atoms with van der Waals surface area (Å²) in [7, 11) is 0. The van der Waals surface area contributed by atoms with Crippen LogP contribution in [0.4, 0.5) is 20.3 Å². The van der Waals surface area contributed by atoms with Gasteiger partial charge in [0.1, 0.15) is 22.2 Å². The summed E-state index contributed by atoms with van der Waals surface area (Å²) in [6.45, 7) is 1.61. The molecule has 0 spiro atoms. The molecule has 0 unspecified atom stereocenters. The molecule has 0 aliphatic heterocycles. The number of carbonyl (C=O) groups excluding carboxylic acids is 1. The maximum Gasteiger partial charge on any atom is 0.268 e. The molecule has 0 bridgehead atoms. The molecule has 5 rings (SSSR count). The monoisotopic (exact) mass is 532 g/mol. The molecule has 5 aromatic rings. The molecule has 0 atom stereocenters. The average molecular weight is 533 g/mol.